The van der Waals surface area contributed by atoms with Gasteiger partial charge in [0, 0.05) is 18.8 Å². The van der Waals surface area contributed by atoms with Crippen molar-refractivity contribution < 1.29 is 0 Å². The van der Waals surface area contributed by atoms with Crippen LogP contribution in [0.5, 0.6) is 0 Å². The average molecular weight is 273 g/mol. The van der Waals surface area contributed by atoms with E-state index in [0.717, 1.165) is 31.6 Å². The SMILES string of the molecule is CC(C)CCN(CCC(C)C)c1ccc(C#N)c(N)c1. The van der Waals surface area contributed by atoms with E-state index in [4.69, 9.17) is 11.0 Å². The van der Waals surface area contributed by atoms with Crippen LogP contribution in [0.15, 0.2) is 18.2 Å². The lowest BCUT2D eigenvalue weighted by molar-refractivity contribution is 0.535. The molecule has 0 atom stereocenters. The van der Waals surface area contributed by atoms with Crippen LogP contribution in [0, 0.1) is 23.2 Å². The second kappa shape index (κ2) is 7.79. The Kier molecular flexibility index (Phi) is 6.38. The Bertz CT molecular complexity index is 446. The number of nitrogen functional groups attached to an aromatic ring is 1. The van der Waals surface area contributed by atoms with Gasteiger partial charge in [0.25, 0.3) is 0 Å². The van der Waals surface area contributed by atoms with E-state index in [1.807, 2.05) is 18.2 Å². The molecule has 0 amide bonds. The zero-order chi connectivity index (χ0) is 15.1. The van der Waals surface area contributed by atoms with Gasteiger partial charge in [0.2, 0.25) is 0 Å². The molecule has 0 aromatic heterocycles. The first kappa shape index (κ1) is 16.4. The minimum Gasteiger partial charge on any atom is -0.398 e. The Morgan fingerprint density at radius 1 is 1.10 bits per heavy atom. The average Bonchev–Trinajstić information content (AvgIpc) is 2.38. The molecule has 0 saturated carbocycles. The lowest BCUT2D eigenvalue weighted by Gasteiger charge is -2.27. The molecule has 0 fully saturated rings. The summed E-state index contributed by atoms with van der Waals surface area (Å²) in [5.74, 6) is 1.37. The van der Waals surface area contributed by atoms with Gasteiger partial charge in [0.15, 0.2) is 0 Å². The smallest absolute Gasteiger partial charge is 0.101 e. The van der Waals surface area contributed by atoms with Crippen LogP contribution in [-0.2, 0) is 0 Å². The molecule has 1 aromatic carbocycles. The first-order valence-corrected chi connectivity index (χ1v) is 7.48. The topological polar surface area (TPSA) is 53.0 Å². The molecule has 3 heteroatoms. The summed E-state index contributed by atoms with van der Waals surface area (Å²) < 4.78 is 0. The van der Waals surface area contributed by atoms with E-state index in [-0.39, 0.29) is 0 Å². The molecular weight excluding hydrogens is 246 g/mol. The molecule has 1 aromatic rings. The molecule has 0 radical (unpaired) electrons. The van der Waals surface area contributed by atoms with Crippen LogP contribution in [0.25, 0.3) is 0 Å². The summed E-state index contributed by atoms with van der Waals surface area (Å²) in [6.45, 7) is 11.1. The second-order valence-electron chi connectivity index (χ2n) is 6.24. The minimum absolute atomic E-state index is 0.557. The van der Waals surface area contributed by atoms with Crippen molar-refractivity contribution in [3.05, 3.63) is 23.8 Å². The lowest BCUT2D eigenvalue weighted by atomic mass is 10.1. The Labute approximate surface area is 123 Å². The van der Waals surface area contributed by atoms with Crippen LogP contribution in [0.3, 0.4) is 0 Å². The molecule has 0 bridgehead atoms. The molecule has 110 valence electrons. The van der Waals surface area contributed by atoms with Crippen LogP contribution in [0.4, 0.5) is 11.4 Å². The highest BCUT2D eigenvalue weighted by atomic mass is 15.1. The van der Waals surface area contributed by atoms with Crippen LogP contribution < -0.4 is 10.6 Å². The highest BCUT2D eigenvalue weighted by Gasteiger charge is 2.10. The van der Waals surface area contributed by atoms with E-state index in [2.05, 4.69) is 38.7 Å². The maximum Gasteiger partial charge on any atom is 0.101 e. The van der Waals surface area contributed by atoms with Crippen molar-refractivity contribution in [3.8, 4) is 6.07 Å². The minimum atomic E-state index is 0.557. The molecule has 0 spiro atoms. The molecule has 3 nitrogen and oxygen atoms in total. The van der Waals surface area contributed by atoms with Crippen LogP contribution in [0.1, 0.15) is 46.1 Å². The quantitative estimate of drug-likeness (QED) is 0.763. The molecule has 0 aliphatic heterocycles. The number of benzene rings is 1. The monoisotopic (exact) mass is 273 g/mol. The standard InChI is InChI=1S/C17H27N3/c1-13(2)7-9-20(10-8-14(3)4)16-6-5-15(12-18)17(19)11-16/h5-6,11,13-14H,7-10,19H2,1-4H3. The van der Waals surface area contributed by atoms with Gasteiger partial charge in [-0.2, -0.15) is 5.26 Å². The summed E-state index contributed by atoms with van der Waals surface area (Å²) in [4.78, 5) is 2.39. The third-order valence-corrected chi connectivity index (χ3v) is 3.47. The first-order valence-electron chi connectivity index (χ1n) is 7.48. The summed E-state index contributed by atoms with van der Waals surface area (Å²) in [5.41, 5.74) is 8.19. The highest BCUT2D eigenvalue weighted by Crippen LogP contribution is 2.22. The molecule has 0 aliphatic carbocycles. The van der Waals surface area contributed by atoms with Crippen molar-refractivity contribution in [3.63, 3.8) is 0 Å². The van der Waals surface area contributed by atoms with E-state index < -0.39 is 0 Å². The Morgan fingerprint density at radius 3 is 2.05 bits per heavy atom. The van der Waals surface area contributed by atoms with E-state index in [1.165, 1.54) is 0 Å². The summed E-state index contributed by atoms with van der Waals surface area (Å²) in [7, 11) is 0. The summed E-state index contributed by atoms with van der Waals surface area (Å²) in [5, 5.41) is 8.96. The van der Waals surface area contributed by atoms with Crippen molar-refractivity contribution in [2.45, 2.75) is 40.5 Å². The van der Waals surface area contributed by atoms with Crippen molar-refractivity contribution in [2.24, 2.45) is 11.8 Å². The highest BCUT2D eigenvalue weighted by molar-refractivity contribution is 5.63. The van der Waals surface area contributed by atoms with Gasteiger partial charge < -0.3 is 10.6 Å². The molecular formula is C17H27N3. The van der Waals surface area contributed by atoms with Crippen molar-refractivity contribution in [2.75, 3.05) is 23.7 Å². The molecule has 20 heavy (non-hydrogen) atoms. The van der Waals surface area contributed by atoms with Gasteiger partial charge in [-0.1, -0.05) is 27.7 Å². The fourth-order valence-corrected chi connectivity index (χ4v) is 2.05. The van der Waals surface area contributed by atoms with Gasteiger partial charge in [-0.15, -0.1) is 0 Å². The molecule has 0 saturated heterocycles. The molecule has 1 rings (SSSR count). The molecule has 0 heterocycles. The van der Waals surface area contributed by atoms with Gasteiger partial charge in [-0.25, -0.2) is 0 Å². The predicted molar refractivity (Wildman–Crippen MR) is 86.7 cm³/mol. The maximum atomic E-state index is 8.96. The molecule has 0 aliphatic rings. The van der Waals surface area contributed by atoms with E-state index in [0.29, 0.717) is 23.1 Å². The van der Waals surface area contributed by atoms with Crippen LogP contribution in [-0.4, -0.2) is 13.1 Å². The normalized spacial score (nSPS) is 10.8. The summed E-state index contributed by atoms with van der Waals surface area (Å²) in [6, 6.07) is 7.88. The van der Waals surface area contributed by atoms with Gasteiger partial charge >= 0.3 is 0 Å². The fourth-order valence-electron chi connectivity index (χ4n) is 2.05. The number of rotatable bonds is 7. The number of nitrogens with zero attached hydrogens (tertiary/aromatic N) is 2. The Hall–Kier alpha value is -1.69. The second-order valence-corrected chi connectivity index (χ2v) is 6.24. The summed E-state index contributed by atoms with van der Waals surface area (Å²) >= 11 is 0. The third kappa shape index (κ3) is 5.13. The van der Waals surface area contributed by atoms with E-state index in [9.17, 15) is 0 Å². The maximum absolute atomic E-state index is 8.96. The van der Waals surface area contributed by atoms with Gasteiger partial charge in [0.1, 0.15) is 6.07 Å². The van der Waals surface area contributed by atoms with E-state index >= 15 is 0 Å². The van der Waals surface area contributed by atoms with Gasteiger partial charge in [0.05, 0.1) is 11.3 Å². The van der Waals surface area contributed by atoms with E-state index in [1.54, 1.807) is 0 Å². The first-order chi connectivity index (χ1) is 9.43. The summed E-state index contributed by atoms with van der Waals surface area (Å²) in [6.07, 6.45) is 2.33. The van der Waals surface area contributed by atoms with Crippen LogP contribution >= 0.6 is 0 Å². The largest absolute Gasteiger partial charge is 0.398 e. The molecule has 2 N–H and O–H groups in total. The fraction of sp³-hybridized carbons (Fsp3) is 0.588. The Morgan fingerprint density at radius 2 is 1.65 bits per heavy atom. The zero-order valence-electron chi connectivity index (χ0n) is 13.2. The zero-order valence-corrected chi connectivity index (χ0v) is 13.2. The number of hydrogen-bond donors (Lipinski definition) is 1. The number of nitrogens with two attached hydrogens (primary N) is 1. The Balaban J connectivity index is 2.85. The lowest BCUT2D eigenvalue weighted by Crippen LogP contribution is -2.27. The number of nitriles is 1. The van der Waals surface area contributed by atoms with Crippen molar-refractivity contribution in [1.82, 2.24) is 0 Å². The third-order valence-electron chi connectivity index (χ3n) is 3.47. The number of hydrogen-bond acceptors (Lipinski definition) is 3. The number of anilines is 2. The van der Waals surface area contributed by atoms with Gasteiger partial charge in [-0.05, 0) is 42.9 Å². The van der Waals surface area contributed by atoms with Crippen molar-refractivity contribution in [1.29, 1.82) is 5.26 Å². The van der Waals surface area contributed by atoms with Crippen LogP contribution in [0.2, 0.25) is 0 Å². The predicted octanol–water partition coefficient (Wildman–Crippen LogP) is 4.04. The molecule has 0 unspecified atom stereocenters. The van der Waals surface area contributed by atoms with Crippen molar-refractivity contribution >= 4 is 11.4 Å². The van der Waals surface area contributed by atoms with Gasteiger partial charge in [-0.3, -0.25) is 0 Å².